The van der Waals surface area contributed by atoms with Gasteiger partial charge >= 0.3 is 6.18 Å². The fraction of sp³-hybridized carbons (Fsp3) is 0.517. The molecule has 2 aromatic carbocycles. The van der Waals surface area contributed by atoms with Crippen LogP contribution in [-0.2, 0) is 31.6 Å². The molecule has 1 unspecified atom stereocenters. The average Bonchev–Trinajstić information content (AvgIpc) is 3.32. The van der Waals surface area contributed by atoms with Gasteiger partial charge in [0.25, 0.3) is 10.0 Å². The van der Waals surface area contributed by atoms with Gasteiger partial charge in [-0.2, -0.15) is 13.2 Å². The number of benzene rings is 2. The predicted octanol–water partition coefficient (Wildman–Crippen LogP) is 4.23. The minimum atomic E-state index is -4.92. The van der Waals surface area contributed by atoms with Crippen LogP contribution in [0.4, 0.5) is 18.9 Å². The number of hydrogen-bond donors (Lipinski definition) is 3. The van der Waals surface area contributed by atoms with Gasteiger partial charge in [-0.25, -0.2) is 8.42 Å². The topological polar surface area (TPSA) is 116 Å². The quantitative estimate of drug-likeness (QED) is 0.423. The second-order valence-corrected chi connectivity index (χ2v) is 12.9. The molecule has 0 radical (unpaired) electrons. The summed E-state index contributed by atoms with van der Waals surface area (Å²) in [4.78, 5) is 24.5. The van der Waals surface area contributed by atoms with Crippen molar-refractivity contribution in [2.24, 2.45) is 0 Å². The molecule has 2 aliphatic rings. The van der Waals surface area contributed by atoms with E-state index in [-0.39, 0.29) is 59.3 Å². The number of nitrogens with zero attached hydrogens (tertiary/aromatic N) is 1. The minimum Gasteiger partial charge on any atom is -0.376 e. The number of carbonyl (C=O) groups excluding carboxylic acids is 2. The van der Waals surface area contributed by atoms with E-state index in [1.807, 2.05) is 6.92 Å². The zero-order chi connectivity index (χ0) is 30.2. The van der Waals surface area contributed by atoms with Crippen molar-refractivity contribution in [3.63, 3.8) is 0 Å². The van der Waals surface area contributed by atoms with E-state index in [1.165, 1.54) is 38.1 Å². The maximum absolute atomic E-state index is 14.0. The Morgan fingerprint density at radius 2 is 1.66 bits per heavy atom. The fourth-order valence-corrected chi connectivity index (χ4v) is 7.55. The lowest BCUT2D eigenvalue weighted by atomic mass is 9.86. The van der Waals surface area contributed by atoms with Gasteiger partial charge in [0.05, 0.1) is 16.6 Å². The van der Waals surface area contributed by atoms with Crippen molar-refractivity contribution in [2.75, 3.05) is 4.31 Å². The van der Waals surface area contributed by atoms with E-state index in [2.05, 4.69) is 10.6 Å². The van der Waals surface area contributed by atoms with Crippen LogP contribution in [0.3, 0.4) is 0 Å². The van der Waals surface area contributed by atoms with Crippen LogP contribution in [0.25, 0.3) is 0 Å². The van der Waals surface area contributed by atoms with Crippen LogP contribution in [-0.4, -0.2) is 49.6 Å². The van der Waals surface area contributed by atoms with E-state index in [4.69, 9.17) is 0 Å². The molecular weight excluding hydrogens is 559 g/mol. The highest BCUT2D eigenvalue weighted by Gasteiger charge is 2.54. The Kier molecular flexibility index (Phi) is 8.75. The van der Waals surface area contributed by atoms with Crippen LogP contribution in [0, 0.1) is 6.92 Å². The molecule has 1 fully saturated rings. The Morgan fingerprint density at radius 1 is 1.02 bits per heavy atom. The van der Waals surface area contributed by atoms with Crippen molar-refractivity contribution in [2.45, 2.75) is 101 Å². The second-order valence-electron chi connectivity index (χ2n) is 11.0. The van der Waals surface area contributed by atoms with Crippen LogP contribution >= 0.6 is 0 Å². The van der Waals surface area contributed by atoms with Gasteiger partial charge in [-0.15, -0.1) is 0 Å². The van der Waals surface area contributed by atoms with Gasteiger partial charge < -0.3 is 15.7 Å². The van der Waals surface area contributed by atoms with Crippen molar-refractivity contribution in [3.05, 3.63) is 59.2 Å². The first-order valence-electron chi connectivity index (χ1n) is 13.8. The molecule has 0 bridgehead atoms. The smallest absolute Gasteiger partial charge is 0.376 e. The number of halogens is 3. The van der Waals surface area contributed by atoms with Gasteiger partial charge in [0.2, 0.25) is 11.8 Å². The zero-order valence-electron chi connectivity index (χ0n) is 23.3. The summed E-state index contributed by atoms with van der Waals surface area (Å²) in [5.74, 6) is -0.486. The van der Waals surface area contributed by atoms with Crippen LogP contribution in [0.1, 0.15) is 69.1 Å². The summed E-state index contributed by atoms with van der Waals surface area (Å²) in [5, 5.41) is 16.3. The number of anilines is 1. The van der Waals surface area contributed by atoms with Crippen molar-refractivity contribution in [3.8, 4) is 0 Å². The molecule has 3 N–H and O–H groups in total. The van der Waals surface area contributed by atoms with Crippen LogP contribution in [0.5, 0.6) is 0 Å². The summed E-state index contributed by atoms with van der Waals surface area (Å²) in [6.45, 7) is 4.49. The SMILES string of the molecule is CCC(O)(c1ccc2c(c1)CC[C@@H](CC(=O)N[C@@H]1CC[C@@H](NC(C)=O)C1)N2S(=O)(=O)c1ccc(C)cc1)C(F)(F)F. The van der Waals surface area contributed by atoms with Gasteiger partial charge in [-0.3, -0.25) is 13.9 Å². The van der Waals surface area contributed by atoms with Crippen molar-refractivity contribution in [1.82, 2.24) is 10.6 Å². The summed E-state index contributed by atoms with van der Waals surface area (Å²) in [6.07, 6.45) is -3.26. The van der Waals surface area contributed by atoms with Gasteiger partial charge in [0.15, 0.2) is 5.60 Å². The summed E-state index contributed by atoms with van der Waals surface area (Å²) in [7, 11) is -4.20. The molecule has 0 aromatic heterocycles. The molecule has 4 rings (SSSR count). The molecule has 1 heterocycles. The van der Waals surface area contributed by atoms with E-state index in [0.717, 1.165) is 22.4 Å². The molecule has 224 valence electrons. The van der Waals surface area contributed by atoms with Gasteiger partial charge in [-0.05, 0) is 74.8 Å². The van der Waals surface area contributed by atoms with Crippen molar-refractivity contribution in [1.29, 1.82) is 0 Å². The highest BCUT2D eigenvalue weighted by molar-refractivity contribution is 7.92. The summed E-state index contributed by atoms with van der Waals surface area (Å²) >= 11 is 0. The predicted molar refractivity (Wildman–Crippen MR) is 148 cm³/mol. The van der Waals surface area contributed by atoms with Crippen LogP contribution < -0.4 is 14.9 Å². The lowest BCUT2D eigenvalue weighted by Gasteiger charge is -2.39. The molecule has 41 heavy (non-hydrogen) atoms. The first kappa shape index (κ1) is 30.8. The number of alkyl halides is 3. The fourth-order valence-electron chi connectivity index (χ4n) is 5.83. The van der Waals surface area contributed by atoms with E-state index in [0.29, 0.717) is 18.4 Å². The third kappa shape index (κ3) is 6.38. The molecule has 1 aliphatic heterocycles. The second kappa shape index (κ2) is 11.6. The molecule has 0 saturated heterocycles. The number of nitrogens with one attached hydrogen (secondary N) is 2. The number of aliphatic hydroxyl groups is 1. The molecule has 12 heteroatoms. The maximum Gasteiger partial charge on any atom is 0.421 e. The summed E-state index contributed by atoms with van der Waals surface area (Å²) in [5.41, 5.74) is -2.05. The Labute approximate surface area is 238 Å². The number of fused-ring (bicyclic) bond motifs is 1. The molecule has 2 aromatic rings. The van der Waals surface area contributed by atoms with E-state index < -0.39 is 34.3 Å². The number of rotatable bonds is 8. The Bertz CT molecular complexity index is 1400. The Morgan fingerprint density at radius 3 is 2.24 bits per heavy atom. The monoisotopic (exact) mass is 595 g/mol. The first-order valence-corrected chi connectivity index (χ1v) is 15.2. The number of sulfonamides is 1. The zero-order valence-corrected chi connectivity index (χ0v) is 24.1. The molecule has 8 nitrogen and oxygen atoms in total. The molecular formula is C29H36F3N3O5S. The van der Waals surface area contributed by atoms with Crippen molar-refractivity contribution < 1.29 is 36.3 Å². The average molecular weight is 596 g/mol. The molecule has 1 saturated carbocycles. The highest BCUT2D eigenvalue weighted by atomic mass is 32.2. The third-order valence-corrected chi connectivity index (χ3v) is 9.94. The molecule has 4 atom stereocenters. The van der Waals surface area contributed by atoms with Crippen LogP contribution in [0.15, 0.2) is 47.4 Å². The summed E-state index contributed by atoms with van der Waals surface area (Å²) < 4.78 is 70.4. The normalized spacial score (nSPS) is 22.5. The number of amides is 2. The first-order chi connectivity index (χ1) is 19.2. The third-order valence-electron chi connectivity index (χ3n) is 8.06. The van der Waals surface area contributed by atoms with Crippen molar-refractivity contribution >= 4 is 27.5 Å². The van der Waals surface area contributed by atoms with Gasteiger partial charge in [-0.1, -0.05) is 36.8 Å². The largest absolute Gasteiger partial charge is 0.421 e. The maximum atomic E-state index is 14.0. The Hall–Kier alpha value is -3.12. The number of carbonyl (C=O) groups is 2. The summed E-state index contributed by atoms with van der Waals surface area (Å²) in [6, 6.07) is 8.88. The standard InChI is InChI=1S/C29H36F3N3O5S/c1-4-28(38,29(30,31)32)21-8-14-26-20(15-21)7-11-24(35(26)41(39,40)25-12-5-18(2)6-13-25)17-27(37)34-23-10-9-22(16-23)33-19(3)36/h5-6,8,12-15,22-24,38H,4,7,9-11,16-17H2,1-3H3,(H,33,36)(H,34,37)/t22-,23-,24+,28?/m1/s1. The number of aryl methyl sites for hydroxylation is 2. The molecule has 2 amide bonds. The van der Waals surface area contributed by atoms with E-state index in [1.54, 1.807) is 12.1 Å². The van der Waals surface area contributed by atoms with Crippen LogP contribution in [0.2, 0.25) is 0 Å². The molecule has 1 aliphatic carbocycles. The van der Waals surface area contributed by atoms with Gasteiger partial charge in [0.1, 0.15) is 0 Å². The molecule has 0 spiro atoms. The Balaban J connectivity index is 1.66. The minimum absolute atomic E-state index is 0.000249. The lowest BCUT2D eigenvalue weighted by molar-refractivity contribution is -0.267. The lowest BCUT2D eigenvalue weighted by Crippen LogP contribution is -2.47. The van der Waals surface area contributed by atoms with E-state index in [9.17, 15) is 36.3 Å². The van der Waals surface area contributed by atoms with Gasteiger partial charge in [0, 0.05) is 25.4 Å². The van der Waals surface area contributed by atoms with E-state index >= 15 is 0 Å². The number of hydrogen-bond acceptors (Lipinski definition) is 5. The highest BCUT2D eigenvalue weighted by Crippen LogP contribution is 2.44.